The minimum Gasteiger partial charge on any atom is -0.265 e. The minimum absolute atomic E-state index is 0.284. The maximum Gasteiger partial charge on any atom is 0.344 e. The lowest BCUT2D eigenvalue weighted by Crippen LogP contribution is -2.32. The highest BCUT2D eigenvalue weighted by molar-refractivity contribution is 5.05. The number of aromatic amines is 1. The van der Waals surface area contributed by atoms with Gasteiger partial charge in [0.25, 0.3) is 0 Å². The smallest absolute Gasteiger partial charge is 0.265 e. The molecular weight excluding hydrogens is 142 g/mol. The summed E-state index contributed by atoms with van der Waals surface area (Å²) in [5.41, 5.74) is -0.891. The highest BCUT2D eigenvalue weighted by atomic mass is 16.1. The van der Waals surface area contributed by atoms with Gasteiger partial charge in [0.2, 0.25) is 0 Å². The first-order valence-corrected chi connectivity index (χ1v) is 3.18. The Kier molecular flexibility index (Phi) is 1.57. The normalized spacial score (nSPS) is 11.0. The van der Waals surface area contributed by atoms with Crippen LogP contribution in [0.3, 0.4) is 0 Å². The molecule has 0 aliphatic carbocycles. The van der Waals surface area contributed by atoms with Gasteiger partial charge in [-0.2, -0.15) is 5.10 Å². The summed E-state index contributed by atoms with van der Waals surface area (Å²) in [6, 6.07) is 0. The predicted molar refractivity (Wildman–Crippen MR) is 41.0 cm³/mol. The molecule has 11 heavy (non-hydrogen) atoms. The summed E-state index contributed by atoms with van der Waals surface area (Å²) in [5, 5.41) is 5.84. The van der Waals surface area contributed by atoms with E-state index in [2.05, 4.69) is 16.1 Å². The zero-order chi connectivity index (χ0) is 8.48. The molecular formula is C7H9N3O. The zero-order valence-corrected chi connectivity index (χ0v) is 6.46. The molecule has 0 saturated carbocycles. The quantitative estimate of drug-likeness (QED) is 0.571. The highest BCUT2D eigenvalue weighted by Gasteiger charge is 2.18. The number of hydrogen-bond acceptors (Lipinski definition) is 2. The van der Waals surface area contributed by atoms with E-state index in [1.807, 2.05) is 0 Å². The van der Waals surface area contributed by atoms with E-state index in [1.54, 1.807) is 13.8 Å². The third-order valence-corrected chi connectivity index (χ3v) is 1.51. The average molecular weight is 151 g/mol. The molecule has 0 radical (unpaired) electrons. The van der Waals surface area contributed by atoms with Gasteiger partial charge in [-0.3, -0.25) is 4.57 Å². The molecule has 1 rings (SSSR count). The average Bonchev–Trinajstić information content (AvgIpc) is 2.36. The molecule has 1 heterocycles. The molecule has 0 saturated heterocycles. The van der Waals surface area contributed by atoms with Crippen LogP contribution in [-0.4, -0.2) is 14.8 Å². The van der Waals surface area contributed by atoms with Crippen LogP contribution in [-0.2, 0) is 5.54 Å². The summed E-state index contributed by atoms with van der Waals surface area (Å²) < 4.78 is 1.37. The zero-order valence-electron chi connectivity index (χ0n) is 6.46. The van der Waals surface area contributed by atoms with E-state index in [9.17, 15) is 4.79 Å². The number of aromatic nitrogens is 3. The second kappa shape index (κ2) is 2.27. The number of nitrogens with one attached hydrogen (secondary N) is 1. The first-order chi connectivity index (χ1) is 5.08. The fourth-order valence-electron chi connectivity index (χ4n) is 0.716. The van der Waals surface area contributed by atoms with Gasteiger partial charge in [0, 0.05) is 0 Å². The Balaban J connectivity index is 3.24. The van der Waals surface area contributed by atoms with Crippen molar-refractivity contribution in [3.05, 3.63) is 16.8 Å². The minimum atomic E-state index is -0.607. The molecule has 4 nitrogen and oxygen atoms in total. The van der Waals surface area contributed by atoms with E-state index in [0.717, 1.165) is 0 Å². The Hall–Kier alpha value is -1.50. The van der Waals surface area contributed by atoms with Gasteiger partial charge in [-0.1, -0.05) is 5.92 Å². The summed E-state index contributed by atoms with van der Waals surface area (Å²) >= 11 is 0. The Morgan fingerprint density at radius 3 is 2.82 bits per heavy atom. The Labute approximate surface area is 64.2 Å². The van der Waals surface area contributed by atoms with Crippen LogP contribution in [0.2, 0.25) is 0 Å². The van der Waals surface area contributed by atoms with E-state index in [0.29, 0.717) is 0 Å². The van der Waals surface area contributed by atoms with E-state index in [4.69, 9.17) is 6.42 Å². The third kappa shape index (κ3) is 1.17. The molecule has 4 heteroatoms. The Bertz CT molecular complexity index is 339. The molecule has 0 atom stereocenters. The van der Waals surface area contributed by atoms with Gasteiger partial charge < -0.3 is 0 Å². The van der Waals surface area contributed by atoms with Gasteiger partial charge in [0.15, 0.2) is 0 Å². The Morgan fingerprint density at radius 2 is 2.45 bits per heavy atom. The summed E-state index contributed by atoms with van der Waals surface area (Å²) in [5.74, 6) is 2.49. The first kappa shape index (κ1) is 7.61. The van der Waals surface area contributed by atoms with E-state index < -0.39 is 5.54 Å². The molecule has 0 unspecified atom stereocenters. The van der Waals surface area contributed by atoms with Crippen molar-refractivity contribution in [1.29, 1.82) is 0 Å². The SMILES string of the molecule is C#CC(C)(C)n1cn[nH]c1=O. The van der Waals surface area contributed by atoms with Crippen molar-refractivity contribution in [2.45, 2.75) is 19.4 Å². The summed E-state index contributed by atoms with van der Waals surface area (Å²) in [6.45, 7) is 3.54. The molecule has 0 aromatic carbocycles. The van der Waals surface area contributed by atoms with Crippen molar-refractivity contribution in [2.75, 3.05) is 0 Å². The van der Waals surface area contributed by atoms with Gasteiger partial charge in [0.05, 0.1) is 0 Å². The molecule has 0 bridgehead atoms. The molecule has 0 spiro atoms. The Morgan fingerprint density at radius 1 is 1.82 bits per heavy atom. The molecule has 1 N–H and O–H groups in total. The lowest BCUT2D eigenvalue weighted by molar-refractivity contribution is 0.459. The van der Waals surface area contributed by atoms with Crippen LogP contribution < -0.4 is 5.69 Å². The van der Waals surface area contributed by atoms with Crippen molar-refractivity contribution < 1.29 is 0 Å². The first-order valence-electron chi connectivity index (χ1n) is 3.18. The second-order valence-corrected chi connectivity index (χ2v) is 2.73. The van der Waals surface area contributed by atoms with Crippen LogP contribution in [0.25, 0.3) is 0 Å². The van der Waals surface area contributed by atoms with E-state index >= 15 is 0 Å². The maximum absolute atomic E-state index is 11.0. The standard InChI is InChI=1S/C7H9N3O/c1-4-7(2,3)10-5-8-9-6(10)11/h1,5H,2-3H3,(H,9,11). The van der Waals surface area contributed by atoms with Gasteiger partial charge in [0.1, 0.15) is 11.9 Å². The van der Waals surface area contributed by atoms with E-state index in [1.165, 1.54) is 10.9 Å². The van der Waals surface area contributed by atoms with Crippen molar-refractivity contribution in [1.82, 2.24) is 14.8 Å². The predicted octanol–water partition coefficient (Wildman–Crippen LogP) is -0.0603. The molecule has 0 fully saturated rings. The largest absolute Gasteiger partial charge is 0.344 e. The lowest BCUT2D eigenvalue weighted by Gasteiger charge is -2.16. The number of nitrogens with zero attached hydrogens (tertiary/aromatic N) is 2. The molecule has 0 amide bonds. The molecule has 0 aliphatic rings. The van der Waals surface area contributed by atoms with Crippen molar-refractivity contribution >= 4 is 0 Å². The third-order valence-electron chi connectivity index (χ3n) is 1.51. The van der Waals surface area contributed by atoms with Crippen LogP contribution in [0, 0.1) is 12.3 Å². The van der Waals surface area contributed by atoms with Crippen LogP contribution >= 0.6 is 0 Å². The number of hydrogen-bond donors (Lipinski definition) is 1. The van der Waals surface area contributed by atoms with E-state index in [-0.39, 0.29) is 5.69 Å². The number of rotatable bonds is 1. The van der Waals surface area contributed by atoms with Crippen molar-refractivity contribution in [2.24, 2.45) is 0 Å². The fourth-order valence-corrected chi connectivity index (χ4v) is 0.716. The van der Waals surface area contributed by atoms with Crippen LogP contribution in [0.1, 0.15) is 13.8 Å². The fraction of sp³-hybridized carbons (Fsp3) is 0.429. The summed E-state index contributed by atoms with van der Waals surface area (Å²) in [7, 11) is 0. The van der Waals surface area contributed by atoms with Crippen LogP contribution in [0.5, 0.6) is 0 Å². The summed E-state index contributed by atoms with van der Waals surface area (Å²) in [4.78, 5) is 11.0. The lowest BCUT2D eigenvalue weighted by atomic mass is 10.1. The van der Waals surface area contributed by atoms with Crippen molar-refractivity contribution in [3.63, 3.8) is 0 Å². The van der Waals surface area contributed by atoms with Gasteiger partial charge >= 0.3 is 5.69 Å². The van der Waals surface area contributed by atoms with Gasteiger partial charge in [-0.15, -0.1) is 6.42 Å². The van der Waals surface area contributed by atoms with Crippen LogP contribution in [0.15, 0.2) is 11.1 Å². The highest BCUT2D eigenvalue weighted by Crippen LogP contribution is 2.08. The van der Waals surface area contributed by atoms with Crippen molar-refractivity contribution in [3.8, 4) is 12.3 Å². The second-order valence-electron chi connectivity index (χ2n) is 2.73. The molecule has 1 aromatic heterocycles. The maximum atomic E-state index is 11.0. The van der Waals surface area contributed by atoms with Crippen LogP contribution in [0.4, 0.5) is 0 Å². The van der Waals surface area contributed by atoms with Gasteiger partial charge in [-0.05, 0) is 13.8 Å². The monoisotopic (exact) mass is 151 g/mol. The molecule has 1 aromatic rings. The molecule has 58 valence electrons. The van der Waals surface area contributed by atoms with Gasteiger partial charge in [-0.25, -0.2) is 9.89 Å². The number of H-pyrrole nitrogens is 1. The topological polar surface area (TPSA) is 50.7 Å². The molecule has 0 aliphatic heterocycles. The summed E-state index contributed by atoms with van der Waals surface area (Å²) in [6.07, 6.45) is 6.61. The number of terminal acetylenes is 1.